The predicted molar refractivity (Wildman–Crippen MR) is 79.2 cm³/mol. The number of carbonyl (C=O) groups excluding carboxylic acids is 2. The van der Waals surface area contributed by atoms with E-state index in [2.05, 4.69) is 13.2 Å². The Morgan fingerprint density at radius 3 is 1.60 bits per heavy atom. The van der Waals surface area contributed by atoms with Crippen molar-refractivity contribution in [3.63, 3.8) is 0 Å². The predicted octanol–water partition coefficient (Wildman–Crippen LogP) is 3.42. The van der Waals surface area contributed by atoms with Gasteiger partial charge in [0.1, 0.15) is 13.2 Å². The van der Waals surface area contributed by atoms with Gasteiger partial charge in [-0.05, 0) is 26.7 Å². The molecule has 114 valence electrons. The summed E-state index contributed by atoms with van der Waals surface area (Å²) in [5, 5.41) is 0. The van der Waals surface area contributed by atoms with Crippen molar-refractivity contribution in [2.45, 2.75) is 47.0 Å². The van der Waals surface area contributed by atoms with Gasteiger partial charge >= 0.3 is 11.9 Å². The van der Waals surface area contributed by atoms with Crippen molar-refractivity contribution >= 4 is 11.9 Å². The van der Waals surface area contributed by atoms with Crippen LogP contribution >= 0.6 is 0 Å². The lowest BCUT2D eigenvalue weighted by atomic mass is 9.82. The highest BCUT2D eigenvalue weighted by atomic mass is 16.5. The normalized spacial score (nSPS) is 10.8. The number of hydrogen-bond acceptors (Lipinski definition) is 4. The Hall–Kier alpha value is -1.58. The molecule has 0 bridgehead atoms. The lowest BCUT2D eigenvalue weighted by Crippen LogP contribution is -2.34. The second-order valence-corrected chi connectivity index (χ2v) is 5.32. The second kappa shape index (κ2) is 8.56. The molecule has 0 rings (SSSR count). The van der Waals surface area contributed by atoms with Crippen LogP contribution < -0.4 is 0 Å². The van der Waals surface area contributed by atoms with E-state index in [1.54, 1.807) is 13.8 Å². The van der Waals surface area contributed by atoms with Crippen LogP contribution in [0.2, 0.25) is 0 Å². The molecule has 0 unspecified atom stereocenters. The molecule has 0 saturated heterocycles. The molecule has 0 atom stereocenters. The molecule has 0 spiro atoms. The fourth-order valence-corrected chi connectivity index (χ4v) is 1.78. The van der Waals surface area contributed by atoms with Crippen molar-refractivity contribution in [3.05, 3.63) is 24.3 Å². The molecular weight excluding hydrogens is 256 g/mol. The molecule has 0 aromatic carbocycles. The molecule has 4 nitrogen and oxygen atoms in total. The first-order valence-corrected chi connectivity index (χ1v) is 6.93. The summed E-state index contributed by atoms with van der Waals surface area (Å²) in [5.74, 6) is -0.824. The Bertz CT molecular complexity index is 352. The zero-order valence-electron chi connectivity index (χ0n) is 13.1. The monoisotopic (exact) mass is 282 g/mol. The largest absolute Gasteiger partial charge is 0.462 e. The van der Waals surface area contributed by atoms with Crippen LogP contribution in [0.4, 0.5) is 0 Å². The highest BCUT2D eigenvalue weighted by Gasteiger charge is 2.31. The Labute approximate surface area is 121 Å². The summed E-state index contributed by atoms with van der Waals surface area (Å²) in [5.41, 5.74) is 0.390. The Morgan fingerprint density at radius 1 is 0.950 bits per heavy atom. The highest BCUT2D eigenvalue weighted by molar-refractivity contribution is 5.87. The van der Waals surface area contributed by atoms with Gasteiger partial charge in [0.25, 0.3) is 0 Å². The number of rotatable bonds is 9. The summed E-state index contributed by atoms with van der Waals surface area (Å²) in [6.45, 7) is 14.8. The minimum atomic E-state index is -0.412. The number of ether oxygens (including phenoxy) is 2. The van der Waals surface area contributed by atoms with Gasteiger partial charge in [-0.2, -0.15) is 0 Å². The molecular formula is C16H26O4. The average Bonchev–Trinajstić information content (AvgIpc) is 2.40. The van der Waals surface area contributed by atoms with Gasteiger partial charge in [0.15, 0.2) is 0 Å². The van der Waals surface area contributed by atoms with Crippen molar-refractivity contribution in [2.24, 2.45) is 5.41 Å². The van der Waals surface area contributed by atoms with Crippen LogP contribution in [-0.2, 0) is 19.1 Å². The van der Waals surface area contributed by atoms with Crippen molar-refractivity contribution < 1.29 is 19.1 Å². The third-order valence-electron chi connectivity index (χ3n) is 3.25. The standard InChI is InChI=1S/C16H26O4/c1-7-9-16(8-2,10-19-14(17)12(3)4)11-20-15(18)13(5)6/h3,5,7-11H2,1-2,4,6H3. The van der Waals surface area contributed by atoms with Crippen LogP contribution in [0.25, 0.3) is 0 Å². The molecule has 0 amide bonds. The van der Waals surface area contributed by atoms with Crippen molar-refractivity contribution in [2.75, 3.05) is 13.2 Å². The lowest BCUT2D eigenvalue weighted by Gasteiger charge is -2.31. The zero-order valence-corrected chi connectivity index (χ0v) is 13.1. The van der Waals surface area contributed by atoms with Crippen molar-refractivity contribution in [1.29, 1.82) is 0 Å². The molecule has 0 aliphatic rings. The maximum absolute atomic E-state index is 11.5. The molecule has 20 heavy (non-hydrogen) atoms. The maximum atomic E-state index is 11.5. The van der Waals surface area contributed by atoms with Crippen LogP contribution in [0.1, 0.15) is 47.0 Å². The zero-order chi connectivity index (χ0) is 15.8. The van der Waals surface area contributed by atoms with Crippen LogP contribution in [0.3, 0.4) is 0 Å². The molecule has 0 saturated carbocycles. The summed E-state index contributed by atoms with van der Waals surface area (Å²) < 4.78 is 10.5. The number of esters is 2. The Kier molecular flexibility index (Phi) is 7.89. The Balaban J connectivity index is 4.72. The summed E-state index contributed by atoms with van der Waals surface area (Å²) in [7, 11) is 0. The van der Waals surface area contributed by atoms with E-state index in [0.29, 0.717) is 11.1 Å². The number of hydrogen-bond donors (Lipinski definition) is 0. The minimum absolute atomic E-state index is 0.229. The van der Waals surface area contributed by atoms with Gasteiger partial charge in [-0.3, -0.25) is 0 Å². The first kappa shape index (κ1) is 18.4. The SMILES string of the molecule is C=C(C)C(=O)OCC(CC)(CCC)COC(=O)C(=C)C. The van der Waals surface area contributed by atoms with E-state index in [4.69, 9.17) is 9.47 Å². The first-order valence-electron chi connectivity index (χ1n) is 6.93. The molecule has 0 fully saturated rings. The van der Waals surface area contributed by atoms with E-state index >= 15 is 0 Å². The van der Waals surface area contributed by atoms with Gasteiger partial charge in [0.2, 0.25) is 0 Å². The van der Waals surface area contributed by atoms with Gasteiger partial charge in [-0.1, -0.05) is 33.4 Å². The fraction of sp³-hybridized carbons (Fsp3) is 0.625. The third-order valence-corrected chi connectivity index (χ3v) is 3.25. The molecule has 0 aromatic heterocycles. The molecule has 0 aliphatic heterocycles. The molecule has 4 heteroatoms. The van der Waals surface area contributed by atoms with E-state index < -0.39 is 11.9 Å². The van der Waals surface area contributed by atoms with Gasteiger partial charge in [0.05, 0.1) is 0 Å². The summed E-state index contributed by atoms with van der Waals surface area (Å²) >= 11 is 0. The van der Waals surface area contributed by atoms with E-state index in [0.717, 1.165) is 19.3 Å². The van der Waals surface area contributed by atoms with Crippen molar-refractivity contribution in [1.82, 2.24) is 0 Å². The molecule has 0 radical (unpaired) electrons. The van der Waals surface area contributed by atoms with E-state index in [1.165, 1.54) is 0 Å². The lowest BCUT2D eigenvalue weighted by molar-refractivity contribution is -0.150. The Morgan fingerprint density at radius 2 is 1.35 bits per heavy atom. The van der Waals surface area contributed by atoms with Crippen LogP contribution in [0, 0.1) is 5.41 Å². The fourth-order valence-electron chi connectivity index (χ4n) is 1.78. The average molecular weight is 282 g/mol. The summed E-state index contributed by atoms with van der Waals surface area (Å²) in [6.07, 6.45) is 2.49. The summed E-state index contributed by atoms with van der Waals surface area (Å²) in [4.78, 5) is 23.0. The van der Waals surface area contributed by atoms with Gasteiger partial charge in [-0.15, -0.1) is 0 Å². The van der Waals surface area contributed by atoms with Crippen LogP contribution in [0.5, 0.6) is 0 Å². The maximum Gasteiger partial charge on any atom is 0.333 e. The quantitative estimate of drug-likeness (QED) is 0.480. The molecule has 0 aliphatic carbocycles. The molecule has 0 aromatic rings. The van der Waals surface area contributed by atoms with Gasteiger partial charge in [0, 0.05) is 16.6 Å². The van der Waals surface area contributed by atoms with Crippen molar-refractivity contribution in [3.8, 4) is 0 Å². The van der Waals surface area contributed by atoms with Crippen LogP contribution in [-0.4, -0.2) is 25.2 Å². The number of carbonyl (C=O) groups is 2. The topological polar surface area (TPSA) is 52.6 Å². The first-order chi connectivity index (χ1) is 9.28. The van der Waals surface area contributed by atoms with Gasteiger partial charge in [-0.25, -0.2) is 9.59 Å². The third kappa shape index (κ3) is 6.04. The minimum Gasteiger partial charge on any atom is -0.462 e. The molecule has 0 N–H and O–H groups in total. The second-order valence-electron chi connectivity index (χ2n) is 5.32. The highest BCUT2D eigenvalue weighted by Crippen LogP contribution is 2.29. The molecule has 0 heterocycles. The smallest absolute Gasteiger partial charge is 0.333 e. The van der Waals surface area contributed by atoms with E-state index in [9.17, 15) is 9.59 Å². The van der Waals surface area contributed by atoms with Gasteiger partial charge < -0.3 is 9.47 Å². The van der Waals surface area contributed by atoms with E-state index in [-0.39, 0.29) is 18.6 Å². The summed E-state index contributed by atoms with van der Waals surface area (Å²) in [6, 6.07) is 0. The van der Waals surface area contributed by atoms with Crippen LogP contribution in [0.15, 0.2) is 24.3 Å². The van der Waals surface area contributed by atoms with E-state index in [1.807, 2.05) is 13.8 Å².